The molecule has 2 aliphatic rings. The summed E-state index contributed by atoms with van der Waals surface area (Å²) in [6, 6.07) is 26.2. The standard InChI is InChI=1S/C24H22ClN/c25-19-11-9-17(10-12-19)15-26-14-13-18(16-26)24-22-7-3-1-5-20(22)21-6-2-4-8-23(21)24/h1-12,18,24H,13-16H2. The smallest absolute Gasteiger partial charge is 0.0406 e. The predicted molar refractivity (Wildman–Crippen MR) is 109 cm³/mol. The number of rotatable bonds is 3. The third kappa shape index (κ3) is 2.76. The van der Waals surface area contributed by atoms with Gasteiger partial charge in [-0.1, -0.05) is 72.3 Å². The first-order valence-corrected chi connectivity index (χ1v) is 9.82. The summed E-state index contributed by atoms with van der Waals surface area (Å²) in [5.41, 5.74) is 7.26. The summed E-state index contributed by atoms with van der Waals surface area (Å²) in [5.74, 6) is 1.23. The van der Waals surface area contributed by atoms with Crippen LogP contribution in [0, 0.1) is 5.92 Å². The molecular weight excluding hydrogens is 338 g/mol. The summed E-state index contributed by atoms with van der Waals surface area (Å²) in [5, 5.41) is 0.812. The first kappa shape index (κ1) is 16.1. The molecule has 0 N–H and O–H groups in total. The molecule has 1 atom stereocenters. The number of fused-ring (bicyclic) bond motifs is 3. The number of hydrogen-bond acceptors (Lipinski definition) is 1. The lowest BCUT2D eigenvalue weighted by Crippen LogP contribution is -2.22. The van der Waals surface area contributed by atoms with E-state index in [9.17, 15) is 0 Å². The molecule has 0 amide bonds. The molecule has 130 valence electrons. The maximum atomic E-state index is 6.02. The van der Waals surface area contributed by atoms with Crippen LogP contribution in [-0.4, -0.2) is 18.0 Å². The van der Waals surface area contributed by atoms with Crippen molar-refractivity contribution in [2.24, 2.45) is 5.92 Å². The van der Waals surface area contributed by atoms with Crippen LogP contribution in [0.25, 0.3) is 11.1 Å². The topological polar surface area (TPSA) is 3.24 Å². The Kier molecular flexibility index (Phi) is 4.07. The summed E-state index contributed by atoms with van der Waals surface area (Å²) >= 11 is 6.02. The molecule has 26 heavy (non-hydrogen) atoms. The third-order valence-corrected chi connectivity index (χ3v) is 6.23. The highest BCUT2D eigenvalue weighted by molar-refractivity contribution is 6.30. The average Bonchev–Trinajstić information content (AvgIpc) is 3.26. The molecule has 1 aliphatic heterocycles. The molecule has 3 aromatic carbocycles. The van der Waals surface area contributed by atoms with Crippen molar-refractivity contribution in [1.82, 2.24) is 4.90 Å². The number of nitrogens with zero attached hydrogens (tertiary/aromatic N) is 1. The van der Waals surface area contributed by atoms with E-state index in [1.165, 1.54) is 40.8 Å². The fourth-order valence-electron chi connectivity index (χ4n) is 4.83. The molecule has 2 heteroatoms. The first-order valence-electron chi connectivity index (χ1n) is 9.44. The normalized spacial score (nSPS) is 19.5. The van der Waals surface area contributed by atoms with Gasteiger partial charge >= 0.3 is 0 Å². The van der Waals surface area contributed by atoms with Gasteiger partial charge in [-0.05, 0) is 58.8 Å². The maximum Gasteiger partial charge on any atom is 0.0406 e. The molecule has 1 saturated heterocycles. The quantitative estimate of drug-likeness (QED) is 0.556. The van der Waals surface area contributed by atoms with Crippen molar-refractivity contribution in [2.45, 2.75) is 18.9 Å². The van der Waals surface area contributed by atoms with Gasteiger partial charge < -0.3 is 0 Å². The van der Waals surface area contributed by atoms with Crippen molar-refractivity contribution >= 4 is 11.6 Å². The zero-order chi connectivity index (χ0) is 17.5. The van der Waals surface area contributed by atoms with E-state index in [0.29, 0.717) is 11.8 Å². The fourth-order valence-corrected chi connectivity index (χ4v) is 4.95. The van der Waals surface area contributed by atoms with E-state index in [4.69, 9.17) is 11.6 Å². The molecule has 0 radical (unpaired) electrons. The predicted octanol–water partition coefficient (Wildman–Crippen LogP) is 5.97. The molecule has 0 saturated carbocycles. The van der Waals surface area contributed by atoms with Crippen molar-refractivity contribution in [3.05, 3.63) is 94.5 Å². The molecule has 3 aromatic rings. The highest BCUT2D eigenvalue weighted by Gasteiger charge is 2.37. The van der Waals surface area contributed by atoms with E-state index >= 15 is 0 Å². The van der Waals surface area contributed by atoms with Crippen LogP contribution in [0.5, 0.6) is 0 Å². The lowest BCUT2D eigenvalue weighted by Gasteiger charge is -2.22. The van der Waals surface area contributed by atoms with Gasteiger partial charge in [-0.2, -0.15) is 0 Å². The van der Waals surface area contributed by atoms with Crippen LogP contribution in [0.15, 0.2) is 72.8 Å². The van der Waals surface area contributed by atoms with Gasteiger partial charge in [-0.25, -0.2) is 0 Å². The summed E-state index contributed by atoms with van der Waals surface area (Å²) in [4.78, 5) is 2.59. The van der Waals surface area contributed by atoms with Crippen molar-refractivity contribution in [2.75, 3.05) is 13.1 Å². The molecule has 0 spiro atoms. The zero-order valence-electron chi connectivity index (χ0n) is 14.7. The van der Waals surface area contributed by atoms with Gasteiger partial charge in [0.05, 0.1) is 0 Å². The summed E-state index contributed by atoms with van der Waals surface area (Å²) < 4.78 is 0. The number of hydrogen-bond donors (Lipinski definition) is 0. The monoisotopic (exact) mass is 359 g/mol. The molecule has 1 heterocycles. The van der Waals surface area contributed by atoms with Gasteiger partial charge in [0.1, 0.15) is 0 Å². The van der Waals surface area contributed by atoms with Gasteiger partial charge in [0.15, 0.2) is 0 Å². The van der Waals surface area contributed by atoms with E-state index in [0.717, 1.165) is 18.1 Å². The second-order valence-corrected chi connectivity index (χ2v) is 8.00. The minimum absolute atomic E-state index is 0.539. The minimum atomic E-state index is 0.539. The Hall–Kier alpha value is -2.09. The van der Waals surface area contributed by atoms with E-state index in [1.54, 1.807) is 0 Å². The molecule has 5 rings (SSSR count). The van der Waals surface area contributed by atoms with Crippen molar-refractivity contribution in [3.63, 3.8) is 0 Å². The highest BCUT2D eigenvalue weighted by atomic mass is 35.5. The molecule has 1 nitrogen and oxygen atoms in total. The van der Waals surface area contributed by atoms with Crippen LogP contribution in [0.4, 0.5) is 0 Å². The summed E-state index contributed by atoms with van der Waals surface area (Å²) in [7, 11) is 0. The van der Waals surface area contributed by atoms with Crippen LogP contribution in [-0.2, 0) is 6.54 Å². The fraction of sp³-hybridized carbons (Fsp3) is 0.250. The Morgan fingerprint density at radius 2 is 1.42 bits per heavy atom. The van der Waals surface area contributed by atoms with E-state index in [2.05, 4.69) is 65.6 Å². The Balaban J connectivity index is 1.40. The Bertz CT molecular complexity index is 885. The molecular formula is C24H22ClN. The van der Waals surface area contributed by atoms with Crippen LogP contribution >= 0.6 is 11.6 Å². The Morgan fingerprint density at radius 1 is 0.808 bits per heavy atom. The van der Waals surface area contributed by atoms with Gasteiger partial charge in [0, 0.05) is 24.0 Å². The summed E-state index contributed by atoms with van der Waals surface area (Å²) in [6.45, 7) is 3.35. The molecule has 1 fully saturated rings. The maximum absolute atomic E-state index is 6.02. The second kappa shape index (κ2) is 6.57. The van der Waals surface area contributed by atoms with Crippen LogP contribution in [0.2, 0.25) is 5.02 Å². The molecule has 1 aliphatic carbocycles. The minimum Gasteiger partial charge on any atom is -0.299 e. The van der Waals surface area contributed by atoms with Gasteiger partial charge in [0.2, 0.25) is 0 Å². The van der Waals surface area contributed by atoms with Crippen molar-refractivity contribution in [1.29, 1.82) is 0 Å². The van der Waals surface area contributed by atoms with E-state index in [1.807, 2.05) is 12.1 Å². The molecule has 0 bridgehead atoms. The highest BCUT2D eigenvalue weighted by Crippen LogP contribution is 2.49. The van der Waals surface area contributed by atoms with Gasteiger partial charge in [-0.15, -0.1) is 0 Å². The Morgan fingerprint density at radius 3 is 2.08 bits per heavy atom. The lowest BCUT2D eigenvalue weighted by atomic mass is 9.83. The Labute approximate surface area is 160 Å². The number of benzene rings is 3. The third-order valence-electron chi connectivity index (χ3n) is 5.98. The largest absolute Gasteiger partial charge is 0.299 e. The molecule has 0 aromatic heterocycles. The van der Waals surface area contributed by atoms with Crippen LogP contribution in [0.3, 0.4) is 0 Å². The van der Waals surface area contributed by atoms with E-state index < -0.39 is 0 Å². The van der Waals surface area contributed by atoms with Crippen molar-refractivity contribution in [3.8, 4) is 11.1 Å². The number of likely N-dealkylation sites (tertiary alicyclic amines) is 1. The SMILES string of the molecule is Clc1ccc(CN2CCC(C3c4ccccc4-c4ccccc43)C2)cc1. The van der Waals surface area contributed by atoms with Crippen molar-refractivity contribution < 1.29 is 0 Å². The zero-order valence-corrected chi connectivity index (χ0v) is 15.5. The van der Waals surface area contributed by atoms with Crippen LogP contribution < -0.4 is 0 Å². The van der Waals surface area contributed by atoms with Gasteiger partial charge in [-0.3, -0.25) is 4.90 Å². The number of halogens is 1. The molecule has 1 unspecified atom stereocenters. The average molecular weight is 360 g/mol. The summed E-state index contributed by atoms with van der Waals surface area (Å²) in [6.07, 6.45) is 1.26. The van der Waals surface area contributed by atoms with Crippen LogP contribution in [0.1, 0.15) is 29.0 Å². The van der Waals surface area contributed by atoms with E-state index in [-0.39, 0.29) is 0 Å². The lowest BCUT2D eigenvalue weighted by molar-refractivity contribution is 0.311. The van der Waals surface area contributed by atoms with Gasteiger partial charge in [0.25, 0.3) is 0 Å². The first-order chi connectivity index (χ1) is 12.8. The second-order valence-electron chi connectivity index (χ2n) is 7.56.